The molecule has 3 fully saturated rings. The van der Waals surface area contributed by atoms with E-state index in [0.29, 0.717) is 0 Å². The van der Waals surface area contributed by atoms with Gasteiger partial charge in [-0.15, -0.1) is 0 Å². The number of aliphatic hydroxyl groups is 1. The number of hydrogen-bond donors (Lipinski definition) is 1. The molecule has 0 saturated heterocycles. The molecule has 0 bridgehead atoms. The number of aliphatic hydroxyl groups excluding tert-OH is 1. The highest BCUT2D eigenvalue weighted by Gasteiger charge is 2.78. The number of halogens is 2. The van der Waals surface area contributed by atoms with Crippen LogP contribution in [0.25, 0.3) is 0 Å². The topological polar surface area (TPSA) is 133 Å². The maximum absolute atomic E-state index is 17.4. The van der Waals surface area contributed by atoms with Gasteiger partial charge in [0.05, 0.1) is 19.0 Å². The maximum Gasteiger partial charge on any atom is 0.509 e. The molecule has 3 saturated carbocycles. The predicted octanol–water partition coefficient (Wildman–Crippen LogP) is 3.01. The number of allylic oxidation sites excluding steroid dienone is 4. The zero-order chi connectivity index (χ0) is 28.5. The van der Waals surface area contributed by atoms with Gasteiger partial charge in [-0.3, -0.25) is 13.8 Å². The Morgan fingerprint density at radius 1 is 1.21 bits per heavy atom. The Bertz CT molecular complexity index is 1210. The molecule has 4 aliphatic carbocycles. The summed E-state index contributed by atoms with van der Waals surface area (Å²) < 4.78 is 71.7. The van der Waals surface area contributed by atoms with Crippen molar-refractivity contribution in [1.29, 1.82) is 0 Å². The van der Waals surface area contributed by atoms with Crippen molar-refractivity contribution in [3.8, 4) is 0 Å². The van der Waals surface area contributed by atoms with Gasteiger partial charge in [-0.05, 0) is 56.8 Å². The van der Waals surface area contributed by atoms with E-state index in [1.807, 2.05) is 0 Å². The van der Waals surface area contributed by atoms with Gasteiger partial charge in [0.2, 0.25) is 5.78 Å². The normalized spacial score (nSPS) is 43.9. The summed E-state index contributed by atoms with van der Waals surface area (Å²) in [7, 11) is -4.05. The summed E-state index contributed by atoms with van der Waals surface area (Å²) in [6, 6.07) is 0. The van der Waals surface area contributed by atoms with Gasteiger partial charge in [-0.25, -0.2) is 13.6 Å². The van der Waals surface area contributed by atoms with E-state index in [4.69, 9.17) is 13.7 Å². The highest BCUT2D eigenvalue weighted by atomic mass is 32.2. The van der Waals surface area contributed by atoms with Crippen LogP contribution in [0.3, 0.4) is 0 Å². The number of carbonyl (C=O) groups excluding carboxylic acids is 3. The van der Waals surface area contributed by atoms with Gasteiger partial charge in [0.15, 0.2) is 17.1 Å². The van der Waals surface area contributed by atoms with E-state index in [9.17, 15) is 27.9 Å². The third kappa shape index (κ3) is 3.89. The molecule has 4 aliphatic rings. The molecule has 0 amide bonds. The van der Waals surface area contributed by atoms with Gasteiger partial charge in [-0.1, -0.05) is 19.9 Å². The molecular formula is C26H34F2O9S. The smallest absolute Gasteiger partial charge is 0.435 e. The summed E-state index contributed by atoms with van der Waals surface area (Å²) in [6.07, 6.45) is -0.884. The van der Waals surface area contributed by atoms with Crippen LogP contribution in [0.15, 0.2) is 23.8 Å². The Labute approximate surface area is 220 Å². The zero-order valence-electron chi connectivity index (χ0n) is 22.0. The van der Waals surface area contributed by atoms with Crippen LogP contribution in [-0.2, 0) is 33.4 Å². The van der Waals surface area contributed by atoms with Gasteiger partial charge in [-0.2, -0.15) is 8.42 Å². The van der Waals surface area contributed by atoms with Crippen molar-refractivity contribution in [3.05, 3.63) is 23.8 Å². The first-order chi connectivity index (χ1) is 17.5. The number of ketones is 2. The number of rotatable bonds is 6. The van der Waals surface area contributed by atoms with E-state index >= 15 is 8.78 Å². The number of fused-ring (bicyclic) bond motifs is 5. The molecule has 0 aromatic carbocycles. The van der Waals surface area contributed by atoms with Crippen LogP contribution < -0.4 is 0 Å². The lowest BCUT2D eigenvalue weighted by Crippen LogP contribution is -2.71. The van der Waals surface area contributed by atoms with Gasteiger partial charge >= 0.3 is 6.16 Å². The van der Waals surface area contributed by atoms with E-state index in [2.05, 4.69) is 0 Å². The number of carbonyl (C=O) groups is 3. The maximum atomic E-state index is 17.4. The fourth-order valence-corrected chi connectivity index (χ4v) is 8.26. The number of Topliss-reactive ketones (excluding diaryl/α,β-unsaturated/α-hetero) is 1. The zero-order valence-corrected chi connectivity index (χ0v) is 22.8. The number of hydrogen-bond acceptors (Lipinski definition) is 9. The summed E-state index contributed by atoms with van der Waals surface area (Å²) in [5.41, 5.74) is -7.52. The summed E-state index contributed by atoms with van der Waals surface area (Å²) in [5, 5.41) is 11.5. The molecule has 0 unspecified atom stereocenters. The molecule has 4 rings (SSSR count). The summed E-state index contributed by atoms with van der Waals surface area (Å²) in [5.74, 6) is -4.01. The molecule has 1 N–H and O–H groups in total. The fourth-order valence-electron chi connectivity index (χ4n) is 7.94. The SMILES string of the molecule is CCOC(=O)O[C@]1(C(=O)COS(C)(=O)=O)[C@H](C)C[C@H]2[C@@H]3C[C@H](F)C4=CC(=O)C=C[C@]4(C)[C@@]3(F)[C@@H](O)C[C@@]21C. The second-order valence-corrected chi connectivity index (χ2v) is 13.1. The summed E-state index contributed by atoms with van der Waals surface area (Å²) >= 11 is 0. The van der Waals surface area contributed by atoms with Crippen molar-refractivity contribution in [2.24, 2.45) is 28.6 Å². The molecule has 212 valence electrons. The summed E-state index contributed by atoms with van der Waals surface area (Å²) in [6.45, 7) is 5.15. The number of ether oxygens (including phenoxy) is 2. The molecular weight excluding hydrogens is 526 g/mol. The molecule has 0 heterocycles. The molecule has 0 aromatic rings. The minimum absolute atomic E-state index is 0.0379. The summed E-state index contributed by atoms with van der Waals surface area (Å²) in [4.78, 5) is 38.4. The minimum Gasteiger partial charge on any atom is -0.435 e. The van der Waals surface area contributed by atoms with E-state index < -0.39 is 86.6 Å². The minimum atomic E-state index is -4.05. The fraction of sp³-hybridized carbons (Fsp3) is 0.731. The Balaban J connectivity index is 1.84. The van der Waals surface area contributed by atoms with Crippen molar-refractivity contribution in [2.75, 3.05) is 19.5 Å². The van der Waals surface area contributed by atoms with Crippen molar-refractivity contribution in [2.45, 2.75) is 70.5 Å². The van der Waals surface area contributed by atoms with E-state index in [-0.39, 0.29) is 31.4 Å². The highest BCUT2D eigenvalue weighted by Crippen LogP contribution is 2.71. The molecule has 12 heteroatoms. The van der Waals surface area contributed by atoms with Gasteiger partial charge in [0.25, 0.3) is 10.1 Å². The molecule has 38 heavy (non-hydrogen) atoms. The predicted molar refractivity (Wildman–Crippen MR) is 130 cm³/mol. The molecule has 0 aliphatic heterocycles. The Kier molecular flexibility index (Phi) is 6.97. The van der Waals surface area contributed by atoms with Crippen LogP contribution in [0.1, 0.15) is 47.0 Å². The second kappa shape index (κ2) is 9.19. The van der Waals surface area contributed by atoms with Gasteiger partial charge < -0.3 is 14.6 Å². The molecule has 0 radical (unpaired) electrons. The molecule has 9 nitrogen and oxygen atoms in total. The quantitative estimate of drug-likeness (QED) is 0.384. The largest absolute Gasteiger partial charge is 0.509 e. The standard InChI is InChI=1S/C26H34F2O9S/c1-6-35-22(32)37-26(21(31)13-36-38(5,33)34)14(2)9-16-17-11-19(27)18-10-15(29)7-8-23(18,3)25(17,28)20(30)12-24(16,26)4/h7-8,10,14,16-17,19-20,30H,6,9,11-13H2,1-5H3/t14-,16+,17+,19+,20+,23+,24+,25+,26+/m1/s1. The third-order valence-electron chi connectivity index (χ3n) is 9.49. The Hall–Kier alpha value is -2.18. The van der Waals surface area contributed by atoms with Crippen molar-refractivity contribution in [3.63, 3.8) is 0 Å². The average Bonchev–Trinajstić information content (AvgIpc) is 3.02. The molecule has 9 atom stereocenters. The first-order valence-corrected chi connectivity index (χ1v) is 14.5. The molecule has 0 aromatic heterocycles. The van der Waals surface area contributed by atoms with Crippen LogP contribution >= 0.6 is 0 Å². The Morgan fingerprint density at radius 3 is 2.47 bits per heavy atom. The monoisotopic (exact) mass is 560 g/mol. The highest BCUT2D eigenvalue weighted by molar-refractivity contribution is 7.86. The first kappa shape index (κ1) is 28.8. The Morgan fingerprint density at radius 2 is 1.87 bits per heavy atom. The van der Waals surface area contributed by atoms with Gasteiger partial charge in [0, 0.05) is 22.7 Å². The lowest BCUT2D eigenvalue weighted by atomic mass is 9.44. The molecule has 0 spiro atoms. The van der Waals surface area contributed by atoms with E-state index in [0.717, 1.165) is 18.4 Å². The lowest BCUT2D eigenvalue weighted by molar-refractivity contribution is -0.225. The third-order valence-corrected chi connectivity index (χ3v) is 10.0. The van der Waals surface area contributed by atoms with E-state index in [1.165, 1.54) is 19.9 Å². The first-order valence-electron chi connectivity index (χ1n) is 12.7. The van der Waals surface area contributed by atoms with Crippen LogP contribution in [0, 0.1) is 28.6 Å². The lowest BCUT2D eigenvalue weighted by Gasteiger charge is -2.63. The van der Waals surface area contributed by atoms with Crippen LogP contribution in [0.4, 0.5) is 13.6 Å². The van der Waals surface area contributed by atoms with Crippen LogP contribution in [-0.4, -0.2) is 74.3 Å². The van der Waals surface area contributed by atoms with Crippen LogP contribution in [0.5, 0.6) is 0 Å². The number of alkyl halides is 2. The van der Waals surface area contributed by atoms with E-state index in [1.54, 1.807) is 13.8 Å². The van der Waals surface area contributed by atoms with Crippen molar-refractivity contribution >= 4 is 27.8 Å². The van der Waals surface area contributed by atoms with Crippen molar-refractivity contribution < 1.29 is 50.3 Å². The second-order valence-electron chi connectivity index (χ2n) is 11.4. The van der Waals surface area contributed by atoms with Gasteiger partial charge in [0.1, 0.15) is 12.8 Å². The van der Waals surface area contributed by atoms with Crippen LogP contribution in [0.2, 0.25) is 0 Å². The average molecular weight is 561 g/mol. The van der Waals surface area contributed by atoms with Crippen molar-refractivity contribution in [1.82, 2.24) is 0 Å².